The topological polar surface area (TPSA) is 59.5 Å². The number of hydrogen-bond donors (Lipinski definition) is 1. The van der Waals surface area contributed by atoms with Gasteiger partial charge in [0.15, 0.2) is 11.5 Å². The average molecular weight is 430 g/mol. The quantitative estimate of drug-likeness (QED) is 0.728. The summed E-state index contributed by atoms with van der Waals surface area (Å²) in [6.45, 7) is 9.76. The van der Waals surface area contributed by atoms with Crippen molar-refractivity contribution < 1.29 is 23.1 Å². The number of aromatic nitrogens is 2. The highest BCUT2D eigenvalue weighted by Gasteiger charge is 2.35. The molecular formula is C17H15BrF3N3O2. The molecule has 2 aromatic rings. The first kappa shape index (κ1) is 20.1. The van der Waals surface area contributed by atoms with Crippen LogP contribution in [0, 0.1) is 13.5 Å². The lowest BCUT2D eigenvalue weighted by Crippen LogP contribution is -2.41. The van der Waals surface area contributed by atoms with Crippen LogP contribution in [0.2, 0.25) is 0 Å². The summed E-state index contributed by atoms with van der Waals surface area (Å²) >= 11 is 3.29. The molecule has 5 nitrogen and oxygen atoms in total. The second kappa shape index (κ2) is 7.21. The van der Waals surface area contributed by atoms with E-state index in [9.17, 15) is 23.1 Å². The van der Waals surface area contributed by atoms with E-state index in [-0.39, 0.29) is 12.1 Å². The fourth-order valence-electron chi connectivity index (χ4n) is 2.35. The van der Waals surface area contributed by atoms with Gasteiger partial charge >= 0.3 is 6.18 Å². The second-order valence-electron chi connectivity index (χ2n) is 6.11. The number of nitrogens with zero attached hydrogens (tertiary/aromatic N) is 3. The molecule has 1 N–H and O–H groups in total. The van der Waals surface area contributed by atoms with Crippen molar-refractivity contribution >= 4 is 27.4 Å². The zero-order valence-electron chi connectivity index (χ0n) is 13.9. The summed E-state index contributed by atoms with van der Waals surface area (Å²) in [5.41, 5.74) is -2.56. The lowest BCUT2D eigenvalue weighted by molar-refractivity contribution is -0.138. The van der Waals surface area contributed by atoms with Gasteiger partial charge in [0.05, 0.1) is 24.9 Å². The summed E-state index contributed by atoms with van der Waals surface area (Å²) in [5, 5.41) is 14.5. The highest BCUT2D eigenvalue weighted by atomic mass is 79.9. The smallest absolute Gasteiger partial charge is 0.380 e. The zero-order chi connectivity index (χ0) is 19.7. The molecule has 1 aromatic heterocycles. The van der Waals surface area contributed by atoms with Gasteiger partial charge in [-0.05, 0) is 35.3 Å². The number of carbonyl (C=O) groups excluding carboxylic acids is 1. The lowest BCUT2D eigenvalue weighted by Gasteiger charge is -2.22. The molecule has 1 aromatic carbocycles. The Morgan fingerprint density at radius 1 is 1.42 bits per heavy atom. The number of rotatable bonds is 5. The zero-order valence-corrected chi connectivity index (χ0v) is 15.5. The van der Waals surface area contributed by atoms with Crippen LogP contribution in [-0.4, -0.2) is 26.3 Å². The summed E-state index contributed by atoms with van der Waals surface area (Å²) in [4.78, 5) is 15.3. The number of aliphatic hydroxyl groups is 1. The Balaban J connectivity index is 2.23. The normalized spacial score (nSPS) is 13.9. The molecule has 2 rings (SSSR count). The van der Waals surface area contributed by atoms with Gasteiger partial charge < -0.3 is 5.11 Å². The molecule has 138 valence electrons. The van der Waals surface area contributed by atoms with Crippen LogP contribution in [0.3, 0.4) is 0 Å². The fourth-order valence-corrected chi connectivity index (χ4v) is 2.67. The number of carbonyl (C=O) groups is 1. The van der Waals surface area contributed by atoms with Crippen molar-refractivity contribution in [2.45, 2.75) is 38.6 Å². The largest absolute Gasteiger partial charge is 0.407 e. The number of ketones is 1. The molecule has 1 atom stereocenters. The molecule has 0 aliphatic carbocycles. The van der Waals surface area contributed by atoms with Crippen LogP contribution in [0.15, 0.2) is 29.0 Å². The molecule has 0 fully saturated rings. The molecule has 0 bridgehead atoms. The van der Waals surface area contributed by atoms with Crippen molar-refractivity contribution in [2.24, 2.45) is 0 Å². The van der Waals surface area contributed by atoms with Crippen molar-refractivity contribution in [3.05, 3.63) is 57.1 Å². The predicted octanol–water partition coefficient (Wildman–Crippen LogP) is 4.09. The third-order valence-corrected chi connectivity index (χ3v) is 4.89. The maximum absolute atomic E-state index is 13.0. The molecule has 0 radical (unpaired) electrons. The van der Waals surface area contributed by atoms with Crippen LogP contribution in [0.25, 0.3) is 4.85 Å². The third-order valence-electron chi connectivity index (χ3n) is 3.85. The molecule has 0 aliphatic rings. The maximum atomic E-state index is 13.0. The second-order valence-corrected chi connectivity index (χ2v) is 6.86. The molecule has 0 amide bonds. The van der Waals surface area contributed by atoms with Gasteiger partial charge in [-0.25, -0.2) is 4.85 Å². The van der Waals surface area contributed by atoms with Crippen LogP contribution in [0.5, 0.6) is 0 Å². The Morgan fingerprint density at radius 3 is 2.58 bits per heavy atom. The summed E-state index contributed by atoms with van der Waals surface area (Å²) in [6, 6.07) is 3.08. The molecule has 0 unspecified atom stereocenters. The van der Waals surface area contributed by atoms with Crippen LogP contribution < -0.4 is 0 Å². The standard InChI is InChI=1S/C17H15BrF3N3O2/c1-10-8-23-24(15(10)18)9-16(2,26)14(25)7-11-4-5-13(22-3)12(6-11)17(19,20)21/h4-6,8,26H,7,9H2,1-2H3/t16-/m0/s1. The molecule has 0 saturated heterocycles. The van der Waals surface area contributed by atoms with E-state index >= 15 is 0 Å². The lowest BCUT2D eigenvalue weighted by atomic mass is 9.94. The van der Waals surface area contributed by atoms with E-state index in [4.69, 9.17) is 6.57 Å². The first-order valence-electron chi connectivity index (χ1n) is 7.47. The Hall–Kier alpha value is -2.18. The Bertz CT molecular complexity index is 882. The Labute approximate surface area is 156 Å². The SMILES string of the molecule is [C-]#[N+]c1ccc(CC(=O)[C@@](C)(O)Cn2ncc(C)c2Br)cc1C(F)(F)F. The van der Waals surface area contributed by atoms with E-state index < -0.39 is 35.2 Å². The van der Waals surface area contributed by atoms with Crippen LogP contribution >= 0.6 is 15.9 Å². The minimum Gasteiger partial charge on any atom is -0.380 e. The number of hydrogen-bond acceptors (Lipinski definition) is 3. The van der Waals surface area contributed by atoms with E-state index in [0.717, 1.165) is 17.7 Å². The van der Waals surface area contributed by atoms with Crippen LogP contribution in [0.1, 0.15) is 23.6 Å². The summed E-state index contributed by atoms with van der Waals surface area (Å²) < 4.78 is 41.1. The number of halogens is 4. The average Bonchev–Trinajstić information content (AvgIpc) is 2.85. The van der Waals surface area contributed by atoms with E-state index in [1.807, 2.05) is 0 Å². The molecule has 0 aliphatic heterocycles. The van der Waals surface area contributed by atoms with Gasteiger partial charge in [-0.1, -0.05) is 18.2 Å². The highest BCUT2D eigenvalue weighted by molar-refractivity contribution is 9.10. The first-order chi connectivity index (χ1) is 12.0. The summed E-state index contributed by atoms with van der Waals surface area (Å²) in [6.07, 6.45) is -3.53. The maximum Gasteiger partial charge on any atom is 0.407 e. The van der Waals surface area contributed by atoms with Crippen molar-refractivity contribution in [2.75, 3.05) is 0 Å². The molecule has 26 heavy (non-hydrogen) atoms. The molecular weight excluding hydrogens is 415 g/mol. The van der Waals surface area contributed by atoms with Crippen LogP contribution in [-0.2, 0) is 23.9 Å². The van der Waals surface area contributed by atoms with E-state index in [0.29, 0.717) is 4.60 Å². The van der Waals surface area contributed by atoms with Gasteiger partial charge in [0, 0.05) is 12.0 Å². The Morgan fingerprint density at radius 2 is 2.08 bits per heavy atom. The van der Waals surface area contributed by atoms with Gasteiger partial charge in [-0.2, -0.15) is 18.3 Å². The molecule has 1 heterocycles. The molecule has 0 saturated carbocycles. The minimum absolute atomic E-state index is 0.0747. The number of Topliss-reactive ketones (excluding diaryl/α,β-unsaturated/α-hetero) is 1. The van der Waals surface area contributed by atoms with E-state index in [1.54, 1.807) is 13.1 Å². The number of alkyl halides is 3. The monoisotopic (exact) mass is 429 g/mol. The summed E-state index contributed by atoms with van der Waals surface area (Å²) in [5.74, 6) is -0.652. The summed E-state index contributed by atoms with van der Waals surface area (Å²) in [7, 11) is 0. The van der Waals surface area contributed by atoms with Gasteiger partial charge in [0.2, 0.25) is 0 Å². The third kappa shape index (κ3) is 4.31. The van der Waals surface area contributed by atoms with Crippen molar-refractivity contribution in [3.63, 3.8) is 0 Å². The van der Waals surface area contributed by atoms with Crippen molar-refractivity contribution in [3.8, 4) is 0 Å². The van der Waals surface area contributed by atoms with Crippen molar-refractivity contribution in [1.29, 1.82) is 0 Å². The minimum atomic E-state index is -4.70. The molecule has 9 heteroatoms. The van der Waals surface area contributed by atoms with Crippen molar-refractivity contribution in [1.82, 2.24) is 9.78 Å². The van der Waals surface area contributed by atoms with Gasteiger partial charge in [-0.15, -0.1) is 0 Å². The molecule has 0 spiro atoms. The van der Waals surface area contributed by atoms with E-state index in [1.165, 1.54) is 17.7 Å². The van der Waals surface area contributed by atoms with E-state index in [2.05, 4.69) is 25.9 Å². The van der Waals surface area contributed by atoms with Crippen LogP contribution in [0.4, 0.5) is 18.9 Å². The van der Waals surface area contributed by atoms with Gasteiger partial charge in [0.1, 0.15) is 10.2 Å². The number of benzene rings is 1. The van der Waals surface area contributed by atoms with Gasteiger partial charge in [-0.3, -0.25) is 9.48 Å². The first-order valence-corrected chi connectivity index (χ1v) is 8.26. The highest BCUT2D eigenvalue weighted by Crippen LogP contribution is 2.37. The van der Waals surface area contributed by atoms with Gasteiger partial charge in [0.25, 0.3) is 0 Å². The Kier molecular flexibility index (Phi) is 5.58. The fraction of sp³-hybridized carbons (Fsp3) is 0.353. The predicted molar refractivity (Wildman–Crippen MR) is 91.7 cm³/mol. The number of aryl methyl sites for hydroxylation is 1.